The summed E-state index contributed by atoms with van der Waals surface area (Å²) in [6, 6.07) is 8.62. The number of hydrogen-bond acceptors (Lipinski definition) is 3. The molecule has 3 heteroatoms. The number of rotatable bonds is 4. The minimum Gasteiger partial charge on any atom is -0.385 e. The van der Waals surface area contributed by atoms with Crippen LogP contribution in [-0.2, 0) is 0 Å². The van der Waals surface area contributed by atoms with Crippen molar-refractivity contribution in [3.8, 4) is 0 Å². The minimum absolute atomic E-state index is 0.815. The molecule has 0 radical (unpaired) electrons. The van der Waals surface area contributed by atoms with E-state index in [0.717, 1.165) is 25.6 Å². The Hall–Kier alpha value is -0.670. The van der Waals surface area contributed by atoms with Gasteiger partial charge in [0.05, 0.1) is 0 Å². The first-order chi connectivity index (χ1) is 6.88. The third kappa shape index (κ3) is 2.42. The van der Waals surface area contributed by atoms with Crippen molar-refractivity contribution in [3.05, 3.63) is 24.3 Å². The average molecular weight is 208 g/mol. The van der Waals surface area contributed by atoms with Crippen LogP contribution in [0.15, 0.2) is 29.2 Å². The average Bonchev–Trinajstić information content (AvgIpc) is 2.16. The number of nitrogens with one attached hydrogen (secondary N) is 2. The summed E-state index contributed by atoms with van der Waals surface area (Å²) in [6.07, 6.45) is 2.10. The molecule has 0 atom stereocenters. The van der Waals surface area contributed by atoms with Gasteiger partial charge < -0.3 is 10.6 Å². The van der Waals surface area contributed by atoms with Crippen LogP contribution in [-0.4, -0.2) is 25.9 Å². The predicted molar refractivity (Wildman–Crippen MR) is 63.1 cm³/mol. The molecule has 0 bridgehead atoms. The molecule has 1 aliphatic heterocycles. The summed E-state index contributed by atoms with van der Waals surface area (Å²) < 4.78 is 0. The maximum absolute atomic E-state index is 3.45. The minimum atomic E-state index is 0.815. The van der Waals surface area contributed by atoms with Gasteiger partial charge in [0.1, 0.15) is 0 Å². The van der Waals surface area contributed by atoms with Crippen LogP contribution in [0.3, 0.4) is 0 Å². The molecular formula is C11H16N2S. The fraction of sp³-hybridized carbons (Fsp3) is 0.455. The summed E-state index contributed by atoms with van der Waals surface area (Å²) in [6.45, 7) is 3.41. The molecule has 1 heterocycles. The van der Waals surface area contributed by atoms with E-state index in [9.17, 15) is 0 Å². The molecule has 1 saturated heterocycles. The maximum Gasteiger partial charge on any atom is 0.0341 e. The van der Waals surface area contributed by atoms with Crippen molar-refractivity contribution in [2.24, 2.45) is 5.92 Å². The van der Waals surface area contributed by atoms with Crippen LogP contribution in [0.5, 0.6) is 0 Å². The lowest BCUT2D eigenvalue weighted by Crippen LogP contribution is -2.45. The molecule has 0 saturated carbocycles. The fourth-order valence-corrected chi connectivity index (χ4v) is 1.87. The monoisotopic (exact) mass is 208 g/mol. The number of anilines is 1. The van der Waals surface area contributed by atoms with Gasteiger partial charge in [0.25, 0.3) is 0 Å². The number of hydrogen-bond donors (Lipinski definition) is 2. The topological polar surface area (TPSA) is 24.1 Å². The Kier molecular flexibility index (Phi) is 3.32. The van der Waals surface area contributed by atoms with Gasteiger partial charge in [-0.15, -0.1) is 11.8 Å². The second kappa shape index (κ2) is 4.71. The predicted octanol–water partition coefficient (Wildman–Crippen LogP) is 2.04. The van der Waals surface area contributed by atoms with Crippen LogP contribution in [0.2, 0.25) is 0 Å². The van der Waals surface area contributed by atoms with Crippen LogP contribution in [0.1, 0.15) is 0 Å². The molecule has 0 unspecified atom stereocenters. The first kappa shape index (κ1) is 9.87. The van der Waals surface area contributed by atoms with Gasteiger partial charge in [0.2, 0.25) is 0 Å². The van der Waals surface area contributed by atoms with E-state index in [1.165, 1.54) is 10.6 Å². The Morgan fingerprint density at radius 1 is 1.36 bits per heavy atom. The summed E-state index contributed by atoms with van der Waals surface area (Å²) in [5.41, 5.74) is 1.23. The van der Waals surface area contributed by atoms with E-state index < -0.39 is 0 Å². The van der Waals surface area contributed by atoms with E-state index in [4.69, 9.17) is 0 Å². The van der Waals surface area contributed by atoms with Crippen molar-refractivity contribution in [2.75, 3.05) is 31.2 Å². The Bertz CT molecular complexity index is 280. The molecule has 1 aliphatic rings. The highest BCUT2D eigenvalue weighted by atomic mass is 32.2. The molecule has 0 aromatic heterocycles. The normalized spacial score (nSPS) is 16.4. The molecule has 2 N–H and O–H groups in total. The highest BCUT2D eigenvalue weighted by Crippen LogP contribution is 2.17. The van der Waals surface area contributed by atoms with Crippen LogP contribution in [0.25, 0.3) is 0 Å². The maximum atomic E-state index is 3.45. The second-order valence-corrected chi connectivity index (χ2v) is 4.51. The van der Waals surface area contributed by atoms with E-state index in [1.807, 2.05) is 0 Å². The van der Waals surface area contributed by atoms with E-state index in [1.54, 1.807) is 11.8 Å². The lowest BCUT2D eigenvalue weighted by molar-refractivity contribution is 0.365. The van der Waals surface area contributed by atoms with Crippen molar-refractivity contribution >= 4 is 17.4 Å². The third-order valence-electron chi connectivity index (χ3n) is 2.55. The largest absolute Gasteiger partial charge is 0.385 e. The zero-order valence-electron chi connectivity index (χ0n) is 8.42. The molecule has 2 rings (SSSR count). The molecule has 14 heavy (non-hydrogen) atoms. The molecule has 76 valence electrons. The quantitative estimate of drug-likeness (QED) is 0.740. The molecule has 1 fully saturated rings. The van der Waals surface area contributed by atoms with Gasteiger partial charge in [0.15, 0.2) is 0 Å². The third-order valence-corrected chi connectivity index (χ3v) is 3.29. The van der Waals surface area contributed by atoms with Gasteiger partial charge in [0, 0.05) is 36.1 Å². The Morgan fingerprint density at radius 3 is 2.57 bits per heavy atom. The molecule has 0 amide bonds. The van der Waals surface area contributed by atoms with E-state index in [-0.39, 0.29) is 0 Å². The van der Waals surface area contributed by atoms with Crippen LogP contribution >= 0.6 is 11.8 Å². The van der Waals surface area contributed by atoms with Gasteiger partial charge in [-0.25, -0.2) is 0 Å². The first-order valence-electron chi connectivity index (χ1n) is 4.97. The lowest BCUT2D eigenvalue weighted by atomic mass is 10.0. The van der Waals surface area contributed by atoms with Crippen molar-refractivity contribution in [1.82, 2.24) is 5.32 Å². The Morgan fingerprint density at radius 2 is 2.07 bits per heavy atom. The van der Waals surface area contributed by atoms with E-state index in [2.05, 4.69) is 41.2 Å². The van der Waals surface area contributed by atoms with Gasteiger partial charge in [-0.3, -0.25) is 0 Å². The second-order valence-electron chi connectivity index (χ2n) is 3.63. The molecular weight excluding hydrogens is 192 g/mol. The number of benzene rings is 1. The Labute approximate surface area is 89.5 Å². The highest BCUT2D eigenvalue weighted by molar-refractivity contribution is 7.98. The summed E-state index contributed by atoms with van der Waals surface area (Å²) in [5.74, 6) is 0.815. The molecule has 0 aliphatic carbocycles. The molecule has 1 aromatic carbocycles. The van der Waals surface area contributed by atoms with Crippen molar-refractivity contribution in [3.63, 3.8) is 0 Å². The van der Waals surface area contributed by atoms with Crippen LogP contribution in [0, 0.1) is 5.92 Å². The summed E-state index contributed by atoms with van der Waals surface area (Å²) in [5, 5.41) is 6.72. The highest BCUT2D eigenvalue weighted by Gasteiger charge is 2.15. The number of thioether (sulfide) groups is 1. The summed E-state index contributed by atoms with van der Waals surface area (Å²) >= 11 is 1.78. The van der Waals surface area contributed by atoms with Gasteiger partial charge in [-0.2, -0.15) is 0 Å². The van der Waals surface area contributed by atoms with Gasteiger partial charge >= 0.3 is 0 Å². The molecule has 2 nitrogen and oxygen atoms in total. The van der Waals surface area contributed by atoms with Crippen LogP contribution in [0.4, 0.5) is 5.69 Å². The lowest BCUT2D eigenvalue weighted by Gasteiger charge is -2.27. The van der Waals surface area contributed by atoms with E-state index in [0.29, 0.717) is 0 Å². The molecule has 0 spiro atoms. The van der Waals surface area contributed by atoms with Crippen molar-refractivity contribution < 1.29 is 0 Å². The fourth-order valence-electron chi connectivity index (χ4n) is 1.46. The van der Waals surface area contributed by atoms with Gasteiger partial charge in [-0.05, 0) is 30.5 Å². The van der Waals surface area contributed by atoms with E-state index >= 15 is 0 Å². The van der Waals surface area contributed by atoms with Crippen molar-refractivity contribution in [2.45, 2.75) is 4.90 Å². The smallest absolute Gasteiger partial charge is 0.0341 e. The zero-order chi connectivity index (χ0) is 9.80. The first-order valence-corrected chi connectivity index (χ1v) is 6.19. The zero-order valence-corrected chi connectivity index (χ0v) is 9.23. The summed E-state index contributed by atoms with van der Waals surface area (Å²) in [4.78, 5) is 1.32. The SMILES string of the molecule is CSc1ccc(NCC2CNC2)cc1. The Balaban J connectivity index is 1.83. The van der Waals surface area contributed by atoms with Crippen molar-refractivity contribution in [1.29, 1.82) is 0 Å². The van der Waals surface area contributed by atoms with Gasteiger partial charge in [-0.1, -0.05) is 0 Å². The standard InChI is InChI=1S/C11H16N2S/c1-14-11-4-2-10(3-5-11)13-8-9-6-12-7-9/h2-5,9,12-13H,6-8H2,1H3. The molecule has 1 aromatic rings. The van der Waals surface area contributed by atoms with Crippen LogP contribution < -0.4 is 10.6 Å². The summed E-state index contributed by atoms with van der Waals surface area (Å²) in [7, 11) is 0.